The Kier molecular flexibility index (Phi) is 7.21. The molecule has 0 unspecified atom stereocenters. The van der Waals surface area contributed by atoms with Gasteiger partial charge in [0.05, 0.1) is 6.10 Å². The van der Waals surface area contributed by atoms with Gasteiger partial charge in [-0.15, -0.1) is 0 Å². The van der Waals surface area contributed by atoms with Crippen LogP contribution in [0.1, 0.15) is 43.1 Å². The number of hydrogen-bond acceptors (Lipinski definition) is 4. The third-order valence-corrected chi connectivity index (χ3v) is 3.95. The van der Waals surface area contributed by atoms with Gasteiger partial charge in [-0.25, -0.2) is 4.79 Å². The Bertz CT molecular complexity index is 713. The predicted molar refractivity (Wildman–Crippen MR) is 100.0 cm³/mol. The van der Waals surface area contributed by atoms with E-state index >= 15 is 0 Å². The van der Waals surface area contributed by atoms with Crippen LogP contribution in [0, 0.1) is 0 Å². The fourth-order valence-corrected chi connectivity index (χ4v) is 2.19. The molecule has 1 amide bonds. The van der Waals surface area contributed by atoms with Crippen molar-refractivity contribution in [2.24, 2.45) is 0 Å². The minimum atomic E-state index is -0.707. The Hall–Kier alpha value is -2.82. The van der Waals surface area contributed by atoms with Crippen molar-refractivity contribution >= 4 is 11.9 Å². The van der Waals surface area contributed by atoms with Gasteiger partial charge in [0, 0.05) is 12.1 Å². The quantitative estimate of drug-likeness (QED) is 0.733. The highest BCUT2D eigenvalue weighted by atomic mass is 16.6. The summed E-state index contributed by atoms with van der Waals surface area (Å²) in [6, 6.07) is 16.4. The lowest BCUT2D eigenvalue weighted by Gasteiger charge is -2.17. The molecule has 0 heterocycles. The molecule has 2 aromatic carbocycles. The summed E-state index contributed by atoms with van der Waals surface area (Å²) in [5.41, 5.74) is 1.57. The van der Waals surface area contributed by atoms with Gasteiger partial charge in [-0.05, 0) is 50.1 Å². The first kappa shape index (κ1) is 19.5. The molecule has 0 aliphatic rings. The smallest absolute Gasteiger partial charge is 0.347 e. The van der Waals surface area contributed by atoms with Crippen molar-refractivity contribution < 1.29 is 19.1 Å². The van der Waals surface area contributed by atoms with E-state index in [-0.39, 0.29) is 12.0 Å². The summed E-state index contributed by atoms with van der Waals surface area (Å²) >= 11 is 0. The molecule has 2 atom stereocenters. The van der Waals surface area contributed by atoms with Gasteiger partial charge < -0.3 is 14.8 Å². The van der Waals surface area contributed by atoms with Crippen molar-refractivity contribution in [2.75, 3.05) is 0 Å². The van der Waals surface area contributed by atoms with Gasteiger partial charge >= 0.3 is 5.97 Å². The number of rotatable bonds is 8. The molecule has 0 radical (unpaired) electrons. The van der Waals surface area contributed by atoms with E-state index in [0.29, 0.717) is 17.9 Å². The molecule has 138 valence electrons. The average molecular weight is 355 g/mol. The van der Waals surface area contributed by atoms with Crippen LogP contribution < -0.4 is 10.1 Å². The monoisotopic (exact) mass is 355 g/mol. The zero-order valence-corrected chi connectivity index (χ0v) is 15.4. The van der Waals surface area contributed by atoms with E-state index in [9.17, 15) is 9.59 Å². The second kappa shape index (κ2) is 9.61. The molecule has 26 heavy (non-hydrogen) atoms. The first-order valence-corrected chi connectivity index (χ1v) is 8.79. The number of hydrogen-bond donors (Lipinski definition) is 1. The van der Waals surface area contributed by atoms with Crippen LogP contribution in [-0.2, 0) is 16.1 Å². The lowest BCUT2D eigenvalue weighted by atomic mass is 10.2. The Morgan fingerprint density at radius 3 is 2.27 bits per heavy atom. The molecule has 0 bridgehead atoms. The standard InChI is InChI=1S/C21H25NO4/c1-4-15(2)25-21(24)16(3)26-19-12-10-18(11-13-19)20(23)22-14-17-8-6-5-7-9-17/h5-13,15-16H,4,14H2,1-3H3,(H,22,23)/t15-,16-/m0/s1. The lowest BCUT2D eigenvalue weighted by Crippen LogP contribution is -2.29. The molecule has 0 aliphatic heterocycles. The lowest BCUT2D eigenvalue weighted by molar-refractivity contribution is -0.155. The summed E-state index contributed by atoms with van der Waals surface area (Å²) < 4.78 is 10.8. The molecule has 1 N–H and O–H groups in total. The van der Waals surface area contributed by atoms with Crippen molar-refractivity contribution in [3.63, 3.8) is 0 Å². The van der Waals surface area contributed by atoms with Crippen LogP contribution in [0.25, 0.3) is 0 Å². The van der Waals surface area contributed by atoms with Crippen molar-refractivity contribution in [1.82, 2.24) is 5.32 Å². The van der Waals surface area contributed by atoms with E-state index in [4.69, 9.17) is 9.47 Å². The molecule has 0 aliphatic carbocycles. The molecule has 0 saturated carbocycles. The minimum Gasteiger partial charge on any atom is -0.479 e. The Balaban J connectivity index is 1.87. The van der Waals surface area contributed by atoms with E-state index in [1.807, 2.05) is 44.2 Å². The highest BCUT2D eigenvalue weighted by molar-refractivity contribution is 5.94. The number of carbonyl (C=O) groups excluding carboxylic acids is 2. The number of amides is 1. The maximum Gasteiger partial charge on any atom is 0.347 e. The maximum atomic E-state index is 12.2. The van der Waals surface area contributed by atoms with E-state index in [1.165, 1.54) is 0 Å². The molecule has 5 heteroatoms. The number of benzene rings is 2. The van der Waals surface area contributed by atoms with Crippen LogP contribution in [0.5, 0.6) is 5.75 Å². The maximum absolute atomic E-state index is 12.2. The number of nitrogens with one attached hydrogen (secondary N) is 1. The van der Waals surface area contributed by atoms with E-state index in [1.54, 1.807) is 31.2 Å². The Morgan fingerprint density at radius 1 is 1.00 bits per heavy atom. The van der Waals surface area contributed by atoms with Gasteiger partial charge in [0.25, 0.3) is 5.91 Å². The molecule has 0 aromatic heterocycles. The third-order valence-electron chi connectivity index (χ3n) is 3.95. The van der Waals surface area contributed by atoms with Crippen molar-refractivity contribution in [3.05, 3.63) is 65.7 Å². The highest BCUT2D eigenvalue weighted by Crippen LogP contribution is 2.15. The van der Waals surface area contributed by atoms with Crippen LogP contribution in [0.2, 0.25) is 0 Å². The Morgan fingerprint density at radius 2 is 1.65 bits per heavy atom. The first-order chi connectivity index (χ1) is 12.5. The summed E-state index contributed by atoms with van der Waals surface area (Å²) in [7, 11) is 0. The zero-order valence-electron chi connectivity index (χ0n) is 15.4. The van der Waals surface area contributed by atoms with Crippen LogP contribution in [0.3, 0.4) is 0 Å². The first-order valence-electron chi connectivity index (χ1n) is 8.79. The fraction of sp³-hybridized carbons (Fsp3) is 0.333. The summed E-state index contributed by atoms with van der Waals surface area (Å²) in [5, 5.41) is 2.87. The summed E-state index contributed by atoms with van der Waals surface area (Å²) in [6.07, 6.45) is -0.0865. The second-order valence-electron chi connectivity index (χ2n) is 6.11. The molecule has 2 rings (SSSR count). The SMILES string of the molecule is CC[C@H](C)OC(=O)[C@H](C)Oc1ccc(C(=O)NCc2ccccc2)cc1. The molecule has 5 nitrogen and oxygen atoms in total. The van der Waals surface area contributed by atoms with Crippen LogP contribution >= 0.6 is 0 Å². The van der Waals surface area contributed by atoms with E-state index in [2.05, 4.69) is 5.32 Å². The second-order valence-corrected chi connectivity index (χ2v) is 6.11. The van der Waals surface area contributed by atoms with Crippen molar-refractivity contribution in [2.45, 2.75) is 45.9 Å². The fourth-order valence-electron chi connectivity index (χ4n) is 2.19. The van der Waals surface area contributed by atoms with Crippen molar-refractivity contribution in [1.29, 1.82) is 0 Å². The van der Waals surface area contributed by atoms with E-state index < -0.39 is 12.1 Å². The van der Waals surface area contributed by atoms with E-state index in [0.717, 1.165) is 12.0 Å². The largest absolute Gasteiger partial charge is 0.479 e. The number of ether oxygens (including phenoxy) is 2. The summed E-state index contributed by atoms with van der Waals surface area (Å²) in [4.78, 5) is 24.1. The van der Waals surface area contributed by atoms with Crippen molar-refractivity contribution in [3.8, 4) is 5.75 Å². The van der Waals surface area contributed by atoms with Gasteiger partial charge in [-0.2, -0.15) is 0 Å². The van der Waals surface area contributed by atoms with Gasteiger partial charge in [-0.1, -0.05) is 37.3 Å². The molecule has 2 aromatic rings. The molecule has 0 spiro atoms. The predicted octanol–water partition coefficient (Wildman–Crippen LogP) is 3.73. The van der Waals surface area contributed by atoms with Gasteiger partial charge in [-0.3, -0.25) is 4.79 Å². The number of esters is 1. The normalized spacial score (nSPS) is 12.7. The highest BCUT2D eigenvalue weighted by Gasteiger charge is 2.18. The summed E-state index contributed by atoms with van der Waals surface area (Å²) in [5.74, 6) is -0.0492. The topological polar surface area (TPSA) is 64.6 Å². The van der Waals surface area contributed by atoms with Crippen LogP contribution in [0.15, 0.2) is 54.6 Å². The van der Waals surface area contributed by atoms with Crippen LogP contribution in [-0.4, -0.2) is 24.1 Å². The van der Waals surface area contributed by atoms with Gasteiger partial charge in [0.2, 0.25) is 0 Å². The molecular weight excluding hydrogens is 330 g/mol. The average Bonchev–Trinajstić information content (AvgIpc) is 2.67. The zero-order chi connectivity index (χ0) is 18.9. The molecule has 0 saturated heterocycles. The summed E-state index contributed by atoms with van der Waals surface area (Å²) in [6.45, 7) is 5.90. The minimum absolute atomic E-state index is 0.135. The van der Waals surface area contributed by atoms with Gasteiger partial charge in [0.15, 0.2) is 6.10 Å². The van der Waals surface area contributed by atoms with Crippen LogP contribution in [0.4, 0.5) is 0 Å². The number of carbonyl (C=O) groups is 2. The molecule has 0 fully saturated rings. The molecular formula is C21H25NO4. The van der Waals surface area contributed by atoms with Gasteiger partial charge in [0.1, 0.15) is 5.75 Å². The third kappa shape index (κ3) is 5.92. The Labute approximate surface area is 154 Å².